The first-order valence-electron chi connectivity index (χ1n) is 9.69. The van der Waals surface area contributed by atoms with Crippen molar-refractivity contribution in [3.05, 3.63) is 0 Å². The molecular weight excluding hydrogens is 288 g/mol. The highest BCUT2D eigenvalue weighted by Crippen LogP contribution is 2.48. The van der Waals surface area contributed by atoms with Crippen LogP contribution in [0.2, 0.25) is 0 Å². The molecule has 1 saturated heterocycles. The summed E-state index contributed by atoms with van der Waals surface area (Å²) in [6.45, 7) is 4.68. The Bertz CT molecular complexity index is 321. The number of nitrogens with two attached hydrogens (primary N) is 2. The van der Waals surface area contributed by atoms with Gasteiger partial charge in [-0.15, -0.1) is 11.8 Å². The van der Waals surface area contributed by atoms with Crippen molar-refractivity contribution in [2.75, 3.05) is 0 Å². The molecule has 4 N–H and O–H groups in total. The summed E-state index contributed by atoms with van der Waals surface area (Å²) in [5, 5.41) is 0. The molecule has 130 valence electrons. The molecular formula is C19H38N2S. The monoisotopic (exact) mass is 326 g/mol. The maximum Gasteiger partial charge on any atom is 0.0750 e. The van der Waals surface area contributed by atoms with Gasteiger partial charge in [0.2, 0.25) is 0 Å². The van der Waals surface area contributed by atoms with Gasteiger partial charge in [0.1, 0.15) is 0 Å². The van der Waals surface area contributed by atoms with Gasteiger partial charge < -0.3 is 11.5 Å². The van der Waals surface area contributed by atoms with Crippen LogP contribution in [0.25, 0.3) is 0 Å². The van der Waals surface area contributed by atoms with Crippen LogP contribution in [-0.2, 0) is 0 Å². The van der Waals surface area contributed by atoms with E-state index >= 15 is 0 Å². The Balaban J connectivity index is 2.13. The predicted octanol–water partition coefficient (Wildman–Crippen LogP) is 5.20. The quantitative estimate of drug-likeness (QED) is 0.696. The molecule has 1 heterocycles. The summed E-state index contributed by atoms with van der Waals surface area (Å²) in [6.07, 6.45) is 17.7. The van der Waals surface area contributed by atoms with Crippen LogP contribution in [0.1, 0.15) is 97.3 Å². The van der Waals surface area contributed by atoms with Gasteiger partial charge >= 0.3 is 0 Å². The normalized spacial score (nSPS) is 40.6. The van der Waals surface area contributed by atoms with Gasteiger partial charge in [-0.2, -0.15) is 0 Å². The average molecular weight is 327 g/mol. The fourth-order valence-electron chi connectivity index (χ4n) is 4.46. The molecule has 1 aliphatic carbocycles. The van der Waals surface area contributed by atoms with Crippen molar-refractivity contribution in [2.24, 2.45) is 17.4 Å². The first-order valence-corrected chi connectivity index (χ1v) is 10.5. The lowest BCUT2D eigenvalue weighted by Gasteiger charge is -2.44. The second kappa shape index (κ2) is 8.39. The minimum atomic E-state index is -0.280. The SMILES string of the molecule is CC1(N)SC(C)(C2CCCCCCCC2)CCCCCC1N. The number of hydrogen-bond acceptors (Lipinski definition) is 3. The van der Waals surface area contributed by atoms with Crippen LogP contribution in [0.5, 0.6) is 0 Å². The molecule has 22 heavy (non-hydrogen) atoms. The van der Waals surface area contributed by atoms with Crippen molar-refractivity contribution in [3.8, 4) is 0 Å². The summed E-state index contributed by atoms with van der Waals surface area (Å²) in [5.41, 5.74) is 13.1. The van der Waals surface area contributed by atoms with E-state index in [0.717, 1.165) is 12.3 Å². The summed E-state index contributed by atoms with van der Waals surface area (Å²) in [5.74, 6) is 0.823. The van der Waals surface area contributed by atoms with Crippen LogP contribution in [-0.4, -0.2) is 15.7 Å². The highest BCUT2D eigenvalue weighted by Gasteiger charge is 2.42. The maximum absolute atomic E-state index is 6.68. The van der Waals surface area contributed by atoms with Crippen molar-refractivity contribution >= 4 is 11.8 Å². The molecule has 3 unspecified atom stereocenters. The average Bonchev–Trinajstić information content (AvgIpc) is 2.61. The van der Waals surface area contributed by atoms with E-state index < -0.39 is 0 Å². The number of hydrogen-bond donors (Lipinski definition) is 2. The van der Waals surface area contributed by atoms with E-state index in [4.69, 9.17) is 11.5 Å². The molecule has 2 fully saturated rings. The van der Waals surface area contributed by atoms with Crippen LogP contribution in [0.4, 0.5) is 0 Å². The van der Waals surface area contributed by atoms with E-state index in [2.05, 4.69) is 13.8 Å². The zero-order valence-corrected chi connectivity index (χ0v) is 15.7. The Labute approximate surface area is 142 Å². The molecule has 3 atom stereocenters. The van der Waals surface area contributed by atoms with E-state index in [9.17, 15) is 0 Å². The first-order chi connectivity index (χ1) is 10.4. The van der Waals surface area contributed by atoms with Gasteiger partial charge in [0.25, 0.3) is 0 Å². The molecule has 1 saturated carbocycles. The number of thioether (sulfide) groups is 1. The first kappa shape index (κ1) is 18.6. The molecule has 1 aliphatic heterocycles. The van der Waals surface area contributed by atoms with Crippen LogP contribution in [0, 0.1) is 5.92 Å². The number of rotatable bonds is 1. The van der Waals surface area contributed by atoms with Crippen LogP contribution in [0.3, 0.4) is 0 Å². The molecule has 0 amide bonds. The molecule has 2 aliphatic rings. The van der Waals surface area contributed by atoms with Gasteiger partial charge in [0.15, 0.2) is 0 Å². The Morgan fingerprint density at radius 2 is 1.27 bits per heavy atom. The third kappa shape index (κ3) is 5.14. The lowest BCUT2D eigenvalue weighted by Crippen LogP contribution is -2.53. The van der Waals surface area contributed by atoms with Crippen molar-refractivity contribution in [2.45, 2.75) is 113 Å². The van der Waals surface area contributed by atoms with Crippen molar-refractivity contribution in [3.63, 3.8) is 0 Å². The second-order valence-corrected chi connectivity index (χ2v) is 10.2. The maximum atomic E-state index is 6.68. The summed E-state index contributed by atoms with van der Waals surface area (Å²) in [7, 11) is 0. The minimum absolute atomic E-state index is 0.131. The third-order valence-corrected chi connectivity index (χ3v) is 7.84. The van der Waals surface area contributed by atoms with Gasteiger partial charge in [0.05, 0.1) is 4.87 Å². The van der Waals surface area contributed by atoms with Gasteiger partial charge in [-0.25, -0.2) is 0 Å². The fourth-order valence-corrected chi connectivity index (χ4v) is 6.39. The molecule has 2 nitrogen and oxygen atoms in total. The Kier molecular flexibility index (Phi) is 7.10. The topological polar surface area (TPSA) is 52.0 Å². The molecule has 0 aromatic heterocycles. The fraction of sp³-hybridized carbons (Fsp3) is 1.00. The highest BCUT2D eigenvalue weighted by molar-refractivity contribution is 8.02. The summed E-state index contributed by atoms with van der Waals surface area (Å²) < 4.78 is 0.315. The molecule has 2 rings (SSSR count). The van der Waals surface area contributed by atoms with E-state index in [-0.39, 0.29) is 10.9 Å². The smallest absolute Gasteiger partial charge is 0.0750 e. The van der Waals surface area contributed by atoms with Crippen molar-refractivity contribution in [1.29, 1.82) is 0 Å². The second-order valence-electron chi connectivity index (χ2n) is 8.20. The van der Waals surface area contributed by atoms with Gasteiger partial charge in [0, 0.05) is 10.8 Å². The predicted molar refractivity (Wildman–Crippen MR) is 100 cm³/mol. The zero-order chi connectivity index (χ0) is 16.1. The van der Waals surface area contributed by atoms with Gasteiger partial charge in [-0.3, -0.25) is 0 Å². The highest BCUT2D eigenvalue weighted by atomic mass is 32.2. The Morgan fingerprint density at radius 1 is 0.773 bits per heavy atom. The molecule has 0 bridgehead atoms. The van der Waals surface area contributed by atoms with Crippen LogP contribution < -0.4 is 11.5 Å². The van der Waals surface area contributed by atoms with Crippen molar-refractivity contribution in [1.82, 2.24) is 0 Å². The zero-order valence-electron chi connectivity index (χ0n) is 14.9. The van der Waals surface area contributed by atoms with Crippen LogP contribution in [0.15, 0.2) is 0 Å². The lowest BCUT2D eigenvalue weighted by molar-refractivity contribution is 0.314. The van der Waals surface area contributed by atoms with Crippen LogP contribution >= 0.6 is 11.8 Å². The Hall–Kier alpha value is 0.270. The van der Waals surface area contributed by atoms with E-state index in [1.165, 1.54) is 77.0 Å². The lowest BCUT2D eigenvalue weighted by atomic mass is 9.81. The molecule has 0 aromatic carbocycles. The van der Waals surface area contributed by atoms with E-state index in [1.807, 2.05) is 11.8 Å². The standard InChI is InChI=1S/C19H38N2S/c1-18(16-12-8-5-3-4-6-9-13-16)15-11-7-10-14-17(20)19(2,21)22-18/h16-17H,3-15,20-21H2,1-2H3. The summed E-state index contributed by atoms with van der Waals surface area (Å²) >= 11 is 2.03. The van der Waals surface area contributed by atoms with Gasteiger partial charge in [-0.1, -0.05) is 64.7 Å². The third-order valence-electron chi connectivity index (χ3n) is 6.10. The largest absolute Gasteiger partial charge is 0.325 e. The summed E-state index contributed by atoms with van der Waals surface area (Å²) in [4.78, 5) is -0.280. The molecule has 3 heteroatoms. The minimum Gasteiger partial charge on any atom is -0.325 e. The Morgan fingerprint density at radius 3 is 1.91 bits per heavy atom. The molecule has 0 radical (unpaired) electrons. The summed E-state index contributed by atoms with van der Waals surface area (Å²) in [6, 6.07) is 0.131. The van der Waals surface area contributed by atoms with Crippen molar-refractivity contribution < 1.29 is 0 Å². The van der Waals surface area contributed by atoms with Gasteiger partial charge in [-0.05, 0) is 38.5 Å². The van der Waals surface area contributed by atoms with E-state index in [0.29, 0.717) is 4.75 Å². The van der Waals surface area contributed by atoms with E-state index in [1.54, 1.807) is 0 Å². The molecule has 0 spiro atoms. The molecule has 0 aromatic rings.